The van der Waals surface area contributed by atoms with E-state index in [0.29, 0.717) is 6.42 Å². The minimum atomic E-state index is -1.41. The van der Waals surface area contributed by atoms with Gasteiger partial charge >= 0.3 is 5.97 Å². The van der Waals surface area contributed by atoms with Crippen molar-refractivity contribution in [1.82, 2.24) is 0 Å². The summed E-state index contributed by atoms with van der Waals surface area (Å²) in [5, 5.41) is 7.81. The van der Waals surface area contributed by atoms with Gasteiger partial charge in [0.15, 0.2) is 0 Å². The molecule has 0 spiro atoms. The molecule has 0 aromatic carbocycles. The van der Waals surface area contributed by atoms with E-state index in [0.717, 1.165) is 0 Å². The number of ether oxygens (including phenoxy) is 1. The SMILES string of the molecule is CC(C(=O)O)S(=O)C1CC(C)(C)OC1(C)C. The molecule has 1 heterocycles. The molecule has 1 fully saturated rings. The van der Waals surface area contributed by atoms with E-state index in [4.69, 9.17) is 9.84 Å². The van der Waals surface area contributed by atoms with Gasteiger partial charge in [0.1, 0.15) is 5.25 Å². The van der Waals surface area contributed by atoms with E-state index in [-0.39, 0.29) is 10.9 Å². The third-order valence-electron chi connectivity index (χ3n) is 2.97. The average Bonchev–Trinajstić information content (AvgIpc) is 2.31. The van der Waals surface area contributed by atoms with Crippen LogP contribution in [-0.2, 0) is 20.3 Å². The van der Waals surface area contributed by atoms with Crippen LogP contribution in [0.15, 0.2) is 0 Å². The minimum absolute atomic E-state index is 0.228. The predicted molar refractivity (Wildman–Crippen MR) is 62.9 cm³/mol. The van der Waals surface area contributed by atoms with Crippen LogP contribution >= 0.6 is 0 Å². The molecule has 0 radical (unpaired) electrons. The van der Waals surface area contributed by atoms with Crippen molar-refractivity contribution in [3.8, 4) is 0 Å². The molecule has 16 heavy (non-hydrogen) atoms. The highest BCUT2D eigenvalue weighted by Crippen LogP contribution is 2.40. The third-order valence-corrected chi connectivity index (χ3v) is 5.16. The Hall–Kier alpha value is -0.420. The highest BCUT2D eigenvalue weighted by Gasteiger charge is 2.50. The Labute approximate surface area is 98.8 Å². The van der Waals surface area contributed by atoms with Gasteiger partial charge in [-0.2, -0.15) is 0 Å². The summed E-state index contributed by atoms with van der Waals surface area (Å²) in [5.41, 5.74) is -0.861. The second-order valence-corrected chi connectivity index (χ2v) is 7.40. The van der Waals surface area contributed by atoms with Crippen molar-refractivity contribution < 1.29 is 18.8 Å². The second-order valence-electron chi connectivity index (χ2n) is 5.47. The summed E-state index contributed by atoms with van der Waals surface area (Å²) in [6.07, 6.45) is 0.629. The third kappa shape index (κ3) is 2.63. The minimum Gasteiger partial charge on any atom is -0.480 e. The smallest absolute Gasteiger partial charge is 0.318 e. The number of hydrogen-bond acceptors (Lipinski definition) is 3. The molecule has 0 aliphatic carbocycles. The van der Waals surface area contributed by atoms with Gasteiger partial charge < -0.3 is 9.84 Å². The summed E-state index contributed by atoms with van der Waals surface area (Å²) in [5.74, 6) is -1.01. The maximum atomic E-state index is 12.1. The lowest BCUT2D eigenvalue weighted by molar-refractivity contribution is -0.136. The Morgan fingerprint density at radius 3 is 2.25 bits per heavy atom. The van der Waals surface area contributed by atoms with Crippen molar-refractivity contribution in [2.75, 3.05) is 0 Å². The van der Waals surface area contributed by atoms with Gasteiger partial charge in [-0.1, -0.05) is 0 Å². The van der Waals surface area contributed by atoms with Crippen molar-refractivity contribution in [3.63, 3.8) is 0 Å². The van der Waals surface area contributed by atoms with Crippen molar-refractivity contribution in [3.05, 3.63) is 0 Å². The molecular formula is C11H20O4S. The first kappa shape index (κ1) is 13.6. The van der Waals surface area contributed by atoms with E-state index in [9.17, 15) is 9.00 Å². The van der Waals surface area contributed by atoms with Crippen LogP contribution in [0.1, 0.15) is 41.0 Å². The normalized spacial score (nSPS) is 30.9. The molecule has 4 nitrogen and oxygen atoms in total. The summed E-state index contributed by atoms with van der Waals surface area (Å²) >= 11 is 0. The number of carbonyl (C=O) groups is 1. The zero-order chi connectivity index (χ0) is 12.7. The first-order chi connectivity index (χ1) is 7.07. The van der Waals surface area contributed by atoms with Gasteiger partial charge in [0, 0.05) is 10.8 Å². The number of rotatable bonds is 3. The molecule has 5 heteroatoms. The molecule has 0 aromatic heterocycles. The van der Waals surface area contributed by atoms with Gasteiger partial charge in [-0.05, 0) is 41.0 Å². The van der Waals surface area contributed by atoms with Gasteiger partial charge in [0.25, 0.3) is 0 Å². The van der Waals surface area contributed by atoms with Crippen LogP contribution in [-0.4, -0.2) is 37.0 Å². The molecule has 0 saturated carbocycles. The van der Waals surface area contributed by atoms with E-state index in [1.54, 1.807) is 0 Å². The molecule has 1 aliphatic heterocycles. The first-order valence-corrected chi connectivity index (χ1v) is 6.67. The van der Waals surface area contributed by atoms with E-state index < -0.39 is 27.6 Å². The number of aliphatic carboxylic acids is 1. The summed E-state index contributed by atoms with van der Waals surface area (Å²) in [6.45, 7) is 9.12. The van der Waals surface area contributed by atoms with Crippen LogP contribution in [0.3, 0.4) is 0 Å². The zero-order valence-corrected chi connectivity index (χ0v) is 11.3. The van der Waals surface area contributed by atoms with Crippen molar-refractivity contribution in [2.24, 2.45) is 0 Å². The molecule has 0 bridgehead atoms. The lowest BCUT2D eigenvalue weighted by atomic mass is 10.0. The summed E-state index contributed by atoms with van der Waals surface area (Å²) in [7, 11) is -1.41. The van der Waals surface area contributed by atoms with Crippen LogP contribution in [0.25, 0.3) is 0 Å². The Balaban J connectivity index is 2.89. The molecule has 3 unspecified atom stereocenters. The van der Waals surface area contributed by atoms with Gasteiger partial charge in [-0.25, -0.2) is 0 Å². The van der Waals surface area contributed by atoms with Crippen LogP contribution in [0.4, 0.5) is 0 Å². The lowest BCUT2D eigenvalue weighted by Gasteiger charge is -2.27. The number of carboxylic acid groups (broad SMARTS) is 1. The summed E-state index contributed by atoms with van der Waals surface area (Å²) < 4.78 is 18.0. The summed E-state index contributed by atoms with van der Waals surface area (Å²) in [4.78, 5) is 10.8. The highest BCUT2D eigenvalue weighted by molar-refractivity contribution is 7.87. The predicted octanol–water partition coefficient (Wildman–Crippen LogP) is 1.55. The van der Waals surface area contributed by atoms with Gasteiger partial charge in [0.2, 0.25) is 0 Å². The monoisotopic (exact) mass is 248 g/mol. The van der Waals surface area contributed by atoms with Gasteiger partial charge in [-0.15, -0.1) is 0 Å². The molecule has 1 N–H and O–H groups in total. The number of hydrogen-bond donors (Lipinski definition) is 1. The summed E-state index contributed by atoms with van der Waals surface area (Å²) in [6, 6.07) is 0. The molecule has 3 atom stereocenters. The molecule has 1 aliphatic rings. The Morgan fingerprint density at radius 1 is 1.44 bits per heavy atom. The lowest BCUT2D eigenvalue weighted by Crippen LogP contribution is -2.40. The molecular weight excluding hydrogens is 228 g/mol. The molecule has 0 aromatic rings. The molecule has 94 valence electrons. The van der Waals surface area contributed by atoms with Crippen LogP contribution in [0.5, 0.6) is 0 Å². The molecule has 1 saturated heterocycles. The fourth-order valence-corrected chi connectivity index (χ4v) is 4.08. The maximum Gasteiger partial charge on any atom is 0.318 e. The Kier molecular flexibility index (Phi) is 3.50. The maximum absolute atomic E-state index is 12.1. The van der Waals surface area contributed by atoms with Crippen molar-refractivity contribution in [1.29, 1.82) is 0 Å². The van der Waals surface area contributed by atoms with E-state index in [1.807, 2.05) is 27.7 Å². The van der Waals surface area contributed by atoms with E-state index >= 15 is 0 Å². The fraction of sp³-hybridized carbons (Fsp3) is 0.909. The molecule has 1 rings (SSSR count). The quantitative estimate of drug-likeness (QED) is 0.823. The van der Waals surface area contributed by atoms with E-state index in [2.05, 4.69) is 0 Å². The van der Waals surface area contributed by atoms with Gasteiger partial charge in [0.05, 0.1) is 16.5 Å². The zero-order valence-electron chi connectivity index (χ0n) is 10.4. The molecule has 0 amide bonds. The second kappa shape index (κ2) is 4.11. The van der Waals surface area contributed by atoms with Gasteiger partial charge in [-0.3, -0.25) is 9.00 Å². The van der Waals surface area contributed by atoms with Crippen LogP contribution in [0, 0.1) is 0 Å². The van der Waals surface area contributed by atoms with Crippen molar-refractivity contribution in [2.45, 2.75) is 62.7 Å². The fourth-order valence-electron chi connectivity index (χ4n) is 2.22. The highest BCUT2D eigenvalue weighted by atomic mass is 32.2. The topological polar surface area (TPSA) is 63.6 Å². The largest absolute Gasteiger partial charge is 0.480 e. The number of carboxylic acids is 1. The van der Waals surface area contributed by atoms with E-state index in [1.165, 1.54) is 6.92 Å². The standard InChI is InChI=1S/C11H20O4S/c1-7(9(12)13)16(14)8-6-10(2,3)15-11(8,4)5/h7-8H,6H2,1-5H3,(H,12,13). The first-order valence-electron chi connectivity index (χ1n) is 5.39. The van der Waals surface area contributed by atoms with Crippen LogP contribution < -0.4 is 0 Å². The Bertz CT molecular complexity index is 322. The Morgan fingerprint density at radius 2 is 1.94 bits per heavy atom. The average molecular weight is 248 g/mol. The van der Waals surface area contributed by atoms with Crippen molar-refractivity contribution >= 4 is 16.8 Å². The van der Waals surface area contributed by atoms with Crippen LogP contribution in [0.2, 0.25) is 0 Å².